The SMILES string of the molecule is COc1ccc(C(O[C@]23O[C@@H](n4cnc5c(NCC(C)C)ncnc54)[C@@H](OC2(C)C)[C@@H]3OP(CCCC#N)N(C(C)C)C(C)C)(c2ccccc2)c2ccc(OC)cc2)cc1. The molecule has 2 bridgehead atoms. The number of benzene rings is 3. The number of nitriles is 1. The number of aromatic nitrogens is 4. The Labute approximate surface area is 361 Å². The largest absolute Gasteiger partial charge is 0.497 e. The van der Waals surface area contributed by atoms with Crippen molar-refractivity contribution in [3.63, 3.8) is 0 Å². The Balaban J connectivity index is 1.47. The monoisotopic (exact) mass is 849 g/mol. The summed E-state index contributed by atoms with van der Waals surface area (Å²) >= 11 is 0. The van der Waals surface area contributed by atoms with Crippen LogP contribution in [0.2, 0.25) is 0 Å². The molecule has 61 heavy (non-hydrogen) atoms. The fraction of sp³-hybridized carbons (Fsp3) is 0.489. The van der Waals surface area contributed by atoms with E-state index in [0.717, 1.165) is 23.2 Å². The predicted molar refractivity (Wildman–Crippen MR) is 237 cm³/mol. The van der Waals surface area contributed by atoms with Gasteiger partial charge in [0.2, 0.25) is 5.79 Å². The predicted octanol–water partition coefficient (Wildman–Crippen LogP) is 9.44. The number of hydrogen-bond donors (Lipinski definition) is 1. The molecule has 5 aromatic rings. The van der Waals surface area contributed by atoms with Crippen LogP contribution in [0.15, 0.2) is 91.5 Å². The van der Waals surface area contributed by atoms with Gasteiger partial charge in [0.25, 0.3) is 0 Å². The number of anilines is 1. The number of rotatable bonds is 19. The lowest BCUT2D eigenvalue weighted by Gasteiger charge is -2.49. The van der Waals surface area contributed by atoms with Crippen molar-refractivity contribution < 1.29 is 28.2 Å². The fourth-order valence-corrected chi connectivity index (χ4v) is 11.1. The third kappa shape index (κ3) is 8.34. The first-order valence-corrected chi connectivity index (χ1v) is 22.6. The van der Waals surface area contributed by atoms with Gasteiger partial charge in [0, 0.05) is 31.2 Å². The lowest BCUT2D eigenvalue weighted by molar-refractivity contribution is -0.366. The standard InChI is InChI=1S/C47H60N7O6P/c1-31(2)28-49-42-39-43(51-29-50-42)53(30-52-39)44-40-41(59-61(27-15-14-26-48)54(32(3)4)33(5)6)47(58-44,45(7,8)57-40)60-46(34-16-12-11-13-17-34,35-18-22-37(55-9)23-19-35)36-20-24-38(56-10)25-21-36/h11-13,16-25,29-33,40-41,44H,14-15,27-28H2,1-10H3,(H,49,50,51)/t40-,41-,44+,47-,61?/m0/s1. The van der Waals surface area contributed by atoms with Gasteiger partial charge in [0.1, 0.15) is 43.4 Å². The fourth-order valence-electron chi connectivity index (χ4n) is 8.71. The molecule has 1 unspecified atom stereocenters. The molecular formula is C47H60N7O6P. The highest BCUT2D eigenvalue weighted by molar-refractivity contribution is 7.50. The maximum absolute atomic E-state index is 9.65. The van der Waals surface area contributed by atoms with Crippen LogP contribution in [0.3, 0.4) is 0 Å². The molecule has 324 valence electrons. The van der Waals surface area contributed by atoms with E-state index in [1.165, 1.54) is 0 Å². The van der Waals surface area contributed by atoms with Crippen molar-refractivity contribution in [2.75, 3.05) is 32.2 Å². The second kappa shape index (κ2) is 18.4. The van der Waals surface area contributed by atoms with Crippen molar-refractivity contribution in [2.45, 2.75) is 116 Å². The number of imidazole rings is 1. The molecule has 14 heteroatoms. The van der Waals surface area contributed by atoms with Gasteiger partial charge >= 0.3 is 0 Å². The van der Waals surface area contributed by atoms with Gasteiger partial charge in [-0.2, -0.15) is 5.26 Å². The average molecular weight is 850 g/mol. The summed E-state index contributed by atoms with van der Waals surface area (Å²) in [6, 6.07) is 28.8. The van der Waals surface area contributed by atoms with Crippen LogP contribution >= 0.6 is 8.30 Å². The first-order valence-electron chi connectivity index (χ1n) is 21.2. The molecule has 1 N–H and O–H groups in total. The minimum atomic E-state index is -1.56. The third-order valence-electron chi connectivity index (χ3n) is 11.5. The maximum atomic E-state index is 9.65. The summed E-state index contributed by atoms with van der Waals surface area (Å²) < 4.78 is 46.1. The van der Waals surface area contributed by atoms with Gasteiger partial charge < -0.3 is 33.5 Å². The summed E-state index contributed by atoms with van der Waals surface area (Å²) in [6.45, 7) is 17.8. The van der Waals surface area contributed by atoms with Crippen LogP contribution in [0.25, 0.3) is 11.2 Å². The average Bonchev–Trinajstić information content (AvgIpc) is 3.87. The molecule has 5 atom stereocenters. The van der Waals surface area contributed by atoms with E-state index in [1.807, 2.05) is 85.1 Å². The normalized spacial score (nSPS) is 21.4. The molecule has 7 rings (SSSR count). The molecule has 0 amide bonds. The van der Waals surface area contributed by atoms with E-state index in [1.54, 1.807) is 26.9 Å². The number of unbranched alkanes of at least 4 members (excludes halogenated alkanes) is 1. The van der Waals surface area contributed by atoms with Gasteiger partial charge in [0.15, 0.2) is 29.3 Å². The molecule has 0 aliphatic carbocycles. The number of ether oxygens (including phenoxy) is 5. The quantitative estimate of drug-likeness (QED) is 0.0481. The second-order valence-corrected chi connectivity index (χ2v) is 19.0. The minimum Gasteiger partial charge on any atom is -0.497 e. The zero-order chi connectivity index (χ0) is 43.5. The first kappa shape index (κ1) is 44.4. The number of nitrogens with one attached hydrogen (secondary N) is 1. The molecule has 0 radical (unpaired) electrons. The highest BCUT2D eigenvalue weighted by Gasteiger charge is 2.75. The van der Waals surface area contributed by atoms with Crippen molar-refractivity contribution in [3.05, 3.63) is 108 Å². The molecule has 13 nitrogen and oxygen atoms in total. The molecule has 2 aliphatic heterocycles. The van der Waals surface area contributed by atoms with E-state index in [9.17, 15) is 5.26 Å². The zero-order valence-corrected chi connectivity index (χ0v) is 37.9. The summed E-state index contributed by atoms with van der Waals surface area (Å²) in [5.74, 6) is 0.905. The van der Waals surface area contributed by atoms with Crippen molar-refractivity contribution in [2.24, 2.45) is 5.92 Å². The summed E-state index contributed by atoms with van der Waals surface area (Å²) in [6.07, 6.45) is 2.87. The number of fused-ring (bicyclic) bond motifs is 3. The minimum absolute atomic E-state index is 0.155. The first-order chi connectivity index (χ1) is 29.3. The molecular weight excluding hydrogens is 790 g/mol. The molecule has 4 heterocycles. The highest BCUT2D eigenvalue weighted by atomic mass is 31.2. The molecule has 2 saturated heterocycles. The van der Waals surface area contributed by atoms with Gasteiger partial charge in [-0.05, 0) is 94.8 Å². The van der Waals surface area contributed by atoms with Gasteiger partial charge in [-0.25, -0.2) is 15.0 Å². The van der Waals surface area contributed by atoms with Gasteiger partial charge in [0.05, 0.1) is 26.6 Å². The van der Waals surface area contributed by atoms with Crippen LogP contribution in [-0.2, 0) is 24.3 Å². The molecule has 0 spiro atoms. The second-order valence-electron chi connectivity index (χ2n) is 17.1. The van der Waals surface area contributed by atoms with Crippen molar-refractivity contribution in [3.8, 4) is 17.6 Å². The Hall–Kier alpha value is -4.67. The van der Waals surface area contributed by atoms with Crippen molar-refractivity contribution >= 4 is 25.3 Å². The molecule has 2 fully saturated rings. The smallest absolute Gasteiger partial charge is 0.230 e. The summed E-state index contributed by atoms with van der Waals surface area (Å²) in [5.41, 5.74) is 1.41. The Morgan fingerprint density at radius 3 is 2.02 bits per heavy atom. The lowest BCUT2D eigenvalue weighted by atomic mass is 9.79. The summed E-state index contributed by atoms with van der Waals surface area (Å²) in [4.78, 5) is 14.2. The number of nitrogens with zero attached hydrogens (tertiary/aromatic N) is 6. The van der Waals surface area contributed by atoms with Crippen LogP contribution in [-0.4, -0.2) is 86.8 Å². The summed E-state index contributed by atoms with van der Waals surface area (Å²) in [5, 5.41) is 13.1. The Morgan fingerprint density at radius 2 is 1.46 bits per heavy atom. The van der Waals surface area contributed by atoms with Crippen molar-refractivity contribution in [1.29, 1.82) is 5.26 Å². The van der Waals surface area contributed by atoms with E-state index >= 15 is 0 Å². The Morgan fingerprint density at radius 1 is 0.852 bits per heavy atom. The van der Waals surface area contributed by atoms with Crippen LogP contribution in [0.4, 0.5) is 5.82 Å². The van der Waals surface area contributed by atoms with E-state index in [4.69, 9.17) is 38.2 Å². The molecule has 2 aliphatic rings. The van der Waals surface area contributed by atoms with E-state index in [-0.39, 0.29) is 12.1 Å². The van der Waals surface area contributed by atoms with Crippen LogP contribution < -0.4 is 14.8 Å². The molecule has 3 aromatic carbocycles. The van der Waals surface area contributed by atoms with Crippen LogP contribution in [0, 0.1) is 17.2 Å². The van der Waals surface area contributed by atoms with Crippen LogP contribution in [0.5, 0.6) is 11.5 Å². The molecule has 0 saturated carbocycles. The van der Waals surface area contributed by atoms with Gasteiger partial charge in [-0.1, -0.05) is 68.4 Å². The summed E-state index contributed by atoms with van der Waals surface area (Å²) in [7, 11) is 2.01. The third-order valence-corrected chi connectivity index (χ3v) is 14.1. The topological polar surface area (TPSA) is 138 Å². The zero-order valence-electron chi connectivity index (χ0n) is 37.0. The lowest BCUT2D eigenvalue weighted by Crippen LogP contribution is -2.60. The van der Waals surface area contributed by atoms with Crippen molar-refractivity contribution in [1.82, 2.24) is 24.2 Å². The van der Waals surface area contributed by atoms with Gasteiger partial charge in [-0.15, -0.1) is 0 Å². The van der Waals surface area contributed by atoms with E-state index in [0.29, 0.717) is 53.4 Å². The maximum Gasteiger partial charge on any atom is 0.230 e. The Kier molecular flexibility index (Phi) is 13.4. The van der Waals surface area contributed by atoms with E-state index < -0.39 is 43.7 Å². The van der Waals surface area contributed by atoms with Gasteiger partial charge in [-0.3, -0.25) is 9.24 Å². The Bertz CT molecular complexity index is 2210. The molecule has 2 aromatic heterocycles. The highest BCUT2D eigenvalue weighted by Crippen LogP contribution is 2.63. The number of methoxy groups -OCH3 is 2. The van der Waals surface area contributed by atoms with E-state index in [2.05, 4.69) is 74.7 Å². The number of hydrogen-bond acceptors (Lipinski definition) is 12. The van der Waals surface area contributed by atoms with Crippen LogP contribution in [0.1, 0.15) is 91.1 Å².